The number of rotatable bonds is 8. The maximum absolute atomic E-state index is 14.3. The third-order valence-corrected chi connectivity index (χ3v) is 6.89. The zero-order valence-corrected chi connectivity index (χ0v) is 21.2. The Balaban J connectivity index is 1.48. The van der Waals surface area contributed by atoms with Crippen LogP contribution in [0.2, 0.25) is 0 Å². The Morgan fingerprint density at radius 3 is 2.55 bits per heavy atom. The fourth-order valence-electron chi connectivity index (χ4n) is 4.72. The number of aryl methyl sites for hydroxylation is 1. The van der Waals surface area contributed by atoms with Gasteiger partial charge in [-0.3, -0.25) is 10.1 Å². The number of nitriles is 1. The van der Waals surface area contributed by atoms with E-state index in [9.17, 15) is 23.2 Å². The molecule has 1 saturated carbocycles. The maximum atomic E-state index is 14.3. The summed E-state index contributed by atoms with van der Waals surface area (Å²) in [5, 5.41) is 16.0. The first-order valence-electron chi connectivity index (χ1n) is 12.5. The van der Waals surface area contributed by atoms with E-state index >= 15 is 0 Å². The Morgan fingerprint density at radius 2 is 1.95 bits per heavy atom. The van der Waals surface area contributed by atoms with Crippen molar-refractivity contribution < 1.29 is 22.4 Å². The zero-order valence-electron chi connectivity index (χ0n) is 21.2. The molecule has 4 aromatic rings. The van der Waals surface area contributed by atoms with Gasteiger partial charge in [-0.05, 0) is 61.9 Å². The summed E-state index contributed by atoms with van der Waals surface area (Å²) in [5.74, 6) is 0.130. The summed E-state index contributed by atoms with van der Waals surface area (Å²) in [4.78, 5) is 20.3. The van der Waals surface area contributed by atoms with Crippen molar-refractivity contribution in [3.05, 3.63) is 54.0 Å². The van der Waals surface area contributed by atoms with Crippen LogP contribution in [0, 0.1) is 24.2 Å². The lowest BCUT2D eigenvalue weighted by Gasteiger charge is -2.29. The second-order valence-electron chi connectivity index (χ2n) is 10.5. The number of carbonyl (C=O) groups excluding carboxylic acids is 1. The van der Waals surface area contributed by atoms with Gasteiger partial charge in [0.15, 0.2) is 0 Å². The smallest absolute Gasteiger partial charge is 0.407 e. The van der Waals surface area contributed by atoms with Crippen LogP contribution in [0.5, 0.6) is 0 Å². The summed E-state index contributed by atoms with van der Waals surface area (Å²) in [6, 6.07) is 8.80. The summed E-state index contributed by atoms with van der Waals surface area (Å²) >= 11 is 0. The van der Waals surface area contributed by atoms with Gasteiger partial charge >= 0.3 is 6.18 Å². The number of furan rings is 1. The van der Waals surface area contributed by atoms with Crippen molar-refractivity contribution in [3.63, 3.8) is 0 Å². The van der Waals surface area contributed by atoms with Crippen molar-refractivity contribution in [2.75, 3.05) is 0 Å². The predicted molar refractivity (Wildman–Crippen MR) is 137 cm³/mol. The van der Waals surface area contributed by atoms with E-state index in [0.29, 0.717) is 29.4 Å². The first-order valence-corrected chi connectivity index (χ1v) is 12.5. The van der Waals surface area contributed by atoms with Crippen LogP contribution < -0.4 is 10.6 Å². The van der Waals surface area contributed by atoms with E-state index in [2.05, 4.69) is 26.7 Å². The van der Waals surface area contributed by atoms with Crippen LogP contribution in [0.4, 0.5) is 13.2 Å². The third-order valence-electron chi connectivity index (χ3n) is 6.89. The van der Waals surface area contributed by atoms with E-state index < -0.39 is 29.7 Å². The molecule has 0 spiro atoms. The number of amides is 1. The van der Waals surface area contributed by atoms with Gasteiger partial charge in [-0.15, -0.1) is 0 Å². The molecular formula is C28H28F3N5O2. The highest BCUT2D eigenvalue weighted by Crippen LogP contribution is 2.38. The predicted octanol–water partition coefficient (Wildman–Crippen LogP) is 6.06. The SMILES string of the molecule is Cc1ncc(-c2ccc3oc4cc(C(NC(CC(C)C)C(=O)NC5(C#N)CC5)C(F)(F)F)ccc4c3c2)[nH]1. The molecule has 2 unspecified atom stereocenters. The molecule has 2 aromatic heterocycles. The number of fused-ring (bicyclic) bond motifs is 3. The minimum absolute atomic E-state index is 0.0462. The molecule has 2 atom stereocenters. The highest BCUT2D eigenvalue weighted by Gasteiger charge is 2.47. The molecule has 5 rings (SSSR count). The number of hydrogen-bond donors (Lipinski definition) is 3. The molecule has 1 aliphatic carbocycles. The fourth-order valence-corrected chi connectivity index (χ4v) is 4.72. The minimum atomic E-state index is -4.67. The molecule has 0 radical (unpaired) electrons. The zero-order chi connectivity index (χ0) is 27.2. The molecule has 1 fully saturated rings. The molecule has 2 heterocycles. The molecular weight excluding hydrogens is 495 g/mol. The van der Waals surface area contributed by atoms with Crippen molar-refractivity contribution in [1.82, 2.24) is 20.6 Å². The van der Waals surface area contributed by atoms with Gasteiger partial charge in [-0.1, -0.05) is 26.0 Å². The lowest BCUT2D eigenvalue weighted by atomic mass is 9.98. The van der Waals surface area contributed by atoms with Gasteiger partial charge < -0.3 is 14.7 Å². The van der Waals surface area contributed by atoms with E-state index in [1.807, 2.05) is 32.9 Å². The molecule has 0 bridgehead atoms. The van der Waals surface area contributed by atoms with E-state index in [0.717, 1.165) is 22.5 Å². The van der Waals surface area contributed by atoms with Crippen LogP contribution in [0.3, 0.4) is 0 Å². The van der Waals surface area contributed by atoms with Gasteiger partial charge in [0, 0.05) is 16.3 Å². The van der Waals surface area contributed by atoms with Crippen molar-refractivity contribution in [3.8, 4) is 17.3 Å². The van der Waals surface area contributed by atoms with Crippen molar-refractivity contribution in [2.45, 2.75) is 63.8 Å². The highest BCUT2D eigenvalue weighted by molar-refractivity contribution is 6.06. The fraction of sp³-hybridized carbons (Fsp3) is 0.393. The van der Waals surface area contributed by atoms with Gasteiger partial charge in [-0.2, -0.15) is 18.4 Å². The van der Waals surface area contributed by atoms with Crippen molar-refractivity contribution in [1.29, 1.82) is 5.26 Å². The first kappa shape index (κ1) is 25.8. The Kier molecular flexibility index (Phi) is 6.43. The summed E-state index contributed by atoms with van der Waals surface area (Å²) in [6.45, 7) is 5.52. The van der Waals surface area contributed by atoms with Gasteiger partial charge in [0.05, 0.1) is 24.0 Å². The van der Waals surface area contributed by atoms with Gasteiger partial charge in [0.1, 0.15) is 28.6 Å². The van der Waals surface area contributed by atoms with Gasteiger partial charge in [0.25, 0.3) is 0 Å². The molecule has 0 aliphatic heterocycles. The minimum Gasteiger partial charge on any atom is -0.456 e. The van der Waals surface area contributed by atoms with E-state index in [-0.39, 0.29) is 17.9 Å². The molecule has 0 saturated heterocycles. The molecule has 7 nitrogen and oxygen atoms in total. The summed E-state index contributed by atoms with van der Waals surface area (Å²) in [5.41, 5.74) is 1.55. The number of carbonyl (C=O) groups is 1. The second kappa shape index (κ2) is 9.48. The Bertz CT molecular complexity index is 1540. The number of hydrogen-bond acceptors (Lipinski definition) is 5. The molecule has 10 heteroatoms. The number of aromatic amines is 1. The Hall–Kier alpha value is -3.84. The topological polar surface area (TPSA) is 107 Å². The largest absolute Gasteiger partial charge is 0.456 e. The Morgan fingerprint density at radius 1 is 1.18 bits per heavy atom. The van der Waals surface area contributed by atoms with Crippen LogP contribution in [0.1, 0.15) is 50.5 Å². The standard InChI is InChI=1S/C28H28F3N5O2/c1-15(2)10-21(26(37)36-27(14-32)8-9-27)35-25(28(29,30)31)18-4-6-19-20-11-17(22-13-33-16(3)34-22)5-7-23(20)38-24(19)12-18/h4-7,11-13,15,21,25,35H,8-10H2,1-3H3,(H,33,34)(H,36,37). The molecule has 1 amide bonds. The van der Waals surface area contributed by atoms with Crippen molar-refractivity contribution in [2.24, 2.45) is 5.92 Å². The van der Waals surface area contributed by atoms with Crippen LogP contribution in [0.15, 0.2) is 47.0 Å². The van der Waals surface area contributed by atoms with Gasteiger partial charge in [0.2, 0.25) is 5.91 Å². The molecule has 198 valence electrons. The quantitative estimate of drug-likeness (QED) is 0.260. The number of benzene rings is 2. The van der Waals surface area contributed by atoms with Crippen LogP contribution in [-0.2, 0) is 4.79 Å². The number of imidazole rings is 1. The monoisotopic (exact) mass is 523 g/mol. The van der Waals surface area contributed by atoms with Crippen LogP contribution >= 0.6 is 0 Å². The van der Waals surface area contributed by atoms with Gasteiger partial charge in [-0.25, -0.2) is 4.98 Å². The second-order valence-corrected chi connectivity index (χ2v) is 10.5. The third kappa shape index (κ3) is 5.11. The normalized spacial score (nSPS) is 16.5. The molecule has 38 heavy (non-hydrogen) atoms. The number of halogens is 3. The number of H-pyrrole nitrogens is 1. The van der Waals surface area contributed by atoms with Crippen LogP contribution in [0.25, 0.3) is 33.2 Å². The van der Waals surface area contributed by atoms with Crippen LogP contribution in [-0.4, -0.2) is 33.6 Å². The average molecular weight is 524 g/mol. The van der Waals surface area contributed by atoms with E-state index in [1.165, 1.54) is 12.1 Å². The number of aromatic nitrogens is 2. The number of nitrogens with zero attached hydrogens (tertiary/aromatic N) is 2. The lowest BCUT2D eigenvalue weighted by molar-refractivity contribution is -0.161. The lowest BCUT2D eigenvalue weighted by Crippen LogP contribution is -2.52. The molecule has 1 aliphatic rings. The summed E-state index contributed by atoms with van der Waals surface area (Å²) in [6.07, 6.45) is -1.77. The average Bonchev–Trinajstić information content (AvgIpc) is 3.33. The van der Waals surface area contributed by atoms with Crippen molar-refractivity contribution >= 4 is 27.8 Å². The first-order chi connectivity index (χ1) is 18.0. The summed E-state index contributed by atoms with van der Waals surface area (Å²) < 4.78 is 49.0. The van der Waals surface area contributed by atoms with E-state index in [4.69, 9.17) is 4.42 Å². The van der Waals surface area contributed by atoms with E-state index in [1.54, 1.807) is 18.3 Å². The molecule has 2 aromatic carbocycles. The Labute approximate surface area is 217 Å². The number of nitrogens with one attached hydrogen (secondary N) is 3. The summed E-state index contributed by atoms with van der Waals surface area (Å²) in [7, 11) is 0. The highest BCUT2D eigenvalue weighted by atomic mass is 19.4. The number of alkyl halides is 3. The molecule has 3 N–H and O–H groups in total. The maximum Gasteiger partial charge on any atom is 0.407 e.